The molecule has 8 nitrogen and oxygen atoms in total. The number of hydrogen-bond donors (Lipinski definition) is 3. The molecule has 3 amide bonds. The number of aliphatic hydroxyl groups is 1. The first-order valence-corrected chi connectivity index (χ1v) is 11.5. The number of nitrogens with zero attached hydrogens (tertiary/aromatic N) is 2. The minimum Gasteiger partial charge on any atom is -0.447 e. The molecule has 192 valence electrons. The molecule has 0 unspecified atom stereocenters. The second-order valence-electron chi connectivity index (χ2n) is 8.94. The Morgan fingerprint density at radius 3 is 2.67 bits per heavy atom. The third-order valence-electron chi connectivity index (χ3n) is 5.39. The number of rotatable bonds is 8. The standard InChI is InChI=1S/C25H27ClF2N4O4/c1-25(2,35)11-19(32(3)23(33)30-13-16-5-4-6-20(28)22(16)26)14-36-24(34)31-21-10-17-9-18(27)8-7-15(17)12-29-21/h4-10,12,19,35H,11,13-14H2,1-3H3,(H,30,33)(H,29,31,34)/t19-/m0/s1. The fourth-order valence-electron chi connectivity index (χ4n) is 3.52. The molecule has 0 aliphatic rings. The SMILES string of the molecule is CN(C(=O)NCc1cccc(F)c1Cl)[C@H](COC(=O)Nc1cc2cc(F)ccc2cn1)CC(C)(C)O. The minimum absolute atomic E-state index is 0.0232. The van der Waals surface area contributed by atoms with Crippen molar-refractivity contribution in [2.45, 2.75) is 38.5 Å². The van der Waals surface area contributed by atoms with E-state index in [0.29, 0.717) is 16.3 Å². The zero-order valence-electron chi connectivity index (χ0n) is 20.0. The molecule has 36 heavy (non-hydrogen) atoms. The van der Waals surface area contributed by atoms with E-state index in [-0.39, 0.29) is 30.4 Å². The van der Waals surface area contributed by atoms with Gasteiger partial charge in [-0.2, -0.15) is 0 Å². The summed E-state index contributed by atoms with van der Waals surface area (Å²) in [5.74, 6) is -0.852. The molecule has 0 bridgehead atoms. The molecule has 0 radical (unpaired) electrons. The van der Waals surface area contributed by atoms with Gasteiger partial charge in [0.1, 0.15) is 24.1 Å². The Hall–Kier alpha value is -3.50. The van der Waals surface area contributed by atoms with Crippen molar-refractivity contribution in [2.75, 3.05) is 19.0 Å². The van der Waals surface area contributed by atoms with Crippen LogP contribution in [0.25, 0.3) is 10.8 Å². The predicted molar refractivity (Wildman–Crippen MR) is 133 cm³/mol. The third-order valence-corrected chi connectivity index (χ3v) is 5.81. The first-order chi connectivity index (χ1) is 16.9. The highest BCUT2D eigenvalue weighted by molar-refractivity contribution is 6.31. The zero-order valence-corrected chi connectivity index (χ0v) is 20.8. The number of aromatic nitrogens is 1. The van der Waals surface area contributed by atoms with Crippen molar-refractivity contribution >= 4 is 40.3 Å². The molecule has 3 rings (SSSR count). The van der Waals surface area contributed by atoms with Gasteiger partial charge in [-0.3, -0.25) is 5.32 Å². The Morgan fingerprint density at radius 2 is 1.94 bits per heavy atom. The van der Waals surface area contributed by atoms with Crippen LogP contribution >= 0.6 is 11.6 Å². The van der Waals surface area contributed by atoms with Crippen molar-refractivity contribution in [3.8, 4) is 0 Å². The second-order valence-corrected chi connectivity index (χ2v) is 9.32. The lowest BCUT2D eigenvalue weighted by Gasteiger charge is -2.32. The summed E-state index contributed by atoms with van der Waals surface area (Å²) in [4.78, 5) is 30.5. The van der Waals surface area contributed by atoms with Crippen LogP contribution in [0.5, 0.6) is 0 Å². The van der Waals surface area contributed by atoms with Crippen molar-refractivity contribution < 1.29 is 28.2 Å². The molecule has 0 aliphatic heterocycles. The Balaban J connectivity index is 1.62. The fraction of sp³-hybridized carbons (Fsp3) is 0.320. The minimum atomic E-state index is -1.17. The number of carbonyl (C=O) groups is 2. The first kappa shape index (κ1) is 27.1. The molecule has 0 spiro atoms. The highest BCUT2D eigenvalue weighted by atomic mass is 35.5. The summed E-state index contributed by atoms with van der Waals surface area (Å²) in [6.07, 6.45) is 0.752. The van der Waals surface area contributed by atoms with Crippen LogP contribution < -0.4 is 10.6 Å². The van der Waals surface area contributed by atoms with Crippen LogP contribution in [0, 0.1) is 11.6 Å². The number of halogens is 3. The summed E-state index contributed by atoms with van der Waals surface area (Å²) in [5, 5.41) is 16.6. The van der Waals surface area contributed by atoms with Gasteiger partial charge < -0.3 is 20.1 Å². The molecular formula is C25H27ClF2N4O4. The number of urea groups is 1. The summed E-state index contributed by atoms with van der Waals surface area (Å²) in [5.41, 5.74) is -0.773. The van der Waals surface area contributed by atoms with Crippen LogP contribution in [-0.4, -0.2) is 52.4 Å². The van der Waals surface area contributed by atoms with E-state index >= 15 is 0 Å². The topological polar surface area (TPSA) is 104 Å². The number of carbonyl (C=O) groups excluding carboxylic acids is 2. The van der Waals surface area contributed by atoms with E-state index in [2.05, 4.69) is 15.6 Å². The number of nitrogens with one attached hydrogen (secondary N) is 2. The van der Waals surface area contributed by atoms with Crippen LogP contribution in [-0.2, 0) is 11.3 Å². The molecule has 0 fully saturated rings. The molecule has 11 heteroatoms. The lowest BCUT2D eigenvalue weighted by Crippen LogP contribution is -2.48. The van der Waals surface area contributed by atoms with Crippen LogP contribution in [0.3, 0.4) is 0 Å². The highest BCUT2D eigenvalue weighted by Gasteiger charge is 2.28. The number of benzene rings is 2. The monoisotopic (exact) mass is 520 g/mol. The quantitative estimate of drug-likeness (QED) is 0.384. The summed E-state index contributed by atoms with van der Waals surface area (Å²) in [6.45, 7) is 2.88. The van der Waals surface area contributed by atoms with Crippen LogP contribution in [0.4, 0.5) is 24.2 Å². The number of likely N-dealkylation sites (N-methyl/N-ethyl adjacent to an activating group) is 1. The van der Waals surface area contributed by atoms with E-state index in [1.165, 1.54) is 48.5 Å². The van der Waals surface area contributed by atoms with E-state index in [9.17, 15) is 23.5 Å². The van der Waals surface area contributed by atoms with Gasteiger partial charge in [-0.1, -0.05) is 23.7 Å². The maximum atomic E-state index is 13.6. The molecule has 0 aliphatic carbocycles. The van der Waals surface area contributed by atoms with E-state index in [1.807, 2.05) is 0 Å². The number of ether oxygens (including phenoxy) is 1. The Morgan fingerprint density at radius 1 is 1.19 bits per heavy atom. The number of pyridine rings is 1. The van der Waals surface area contributed by atoms with Gasteiger partial charge in [-0.05, 0) is 61.5 Å². The third kappa shape index (κ3) is 7.50. The Bertz CT molecular complexity index is 1250. The van der Waals surface area contributed by atoms with Gasteiger partial charge in [-0.15, -0.1) is 0 Å². The van der Waals surface area contributed by atoms with Crippen molar-refractivity contribution in [3.05, 3.63) is 70.9 Å². The van der Waals surface area contributed by atoms with Gasteiger partial charge in [0.2, 0.25) is 0 Å². The van der Waals surface area contributed by atoms with Crippen LogP contribution in [0.15, 0.2) is 48.7 Å². The van der Waals surface area contributed by atoms with E-state index in [4.69, 9.17) is 16.3 Å². The molecule has 0 saturated carbocycles. The second kappa shape index (κ2) is 11.5. The van der Waals surface area contributed by atoms with Crippen molar-refractivity contribution in [3.63, 3.8) is 0 Å². The van der Waals surface area contributed by atoms with E-state index < -0.39 is 35.4 Å². The first-order valence-electron chi connectivity index (χ1n) is 11.1. The lowest BCUT2D eigenvalue weighted by molar-refractivity contribution is 0.0277. The van der Waals surface area contributed by atoms with Gasteiger partial charge in [-0.25, -0.2) is 23.4 Å². The molecule has 0 saturated heterocycles. The number of amides is 3. The van der Waals surface area contributed by atoms with Gasteiger partial charge in [0, 0.05) is 25.2 Å². The normalized spacial score (nSPS) is 12.2. The predicted octanol–water partition coefficient (Wildman–Crippen LogP) is 5.09. The molecule has 3 N–H and O–H groups in total. The summed E-state index contributed by atoms with van der Waals surface area (Å²) in [6, 6.07) is 8.76. The molecule has 1 atom stereocenters. The molecule has 3 aromatic rings. The maximum Gasteiger partial charge on any atom is 0.412 e. The molecular weight excluding hydrogens is 494 g/mol. The van der Waals surface area contributed by atoms with Crippen molar-refractivity contribution in [1.29, 1.82) is 0 Å². The average molecular weight is 521 g/mol. The van der Waals surface area contributed by atoms with Crippen molar-refractivity contribution in [2.24, 2.45) is 0 Å². The molecule has 1 heterocycles. The lowest BCUT2D eigenvalue weighted by atomic mass is 9.99. The fourth-order valence-corrected chi connectivity index (χ4v) is 3.72. The van der Waals surface area contributed by atoms with E-state index in [1.54, 1.807) is 26.0 Å². The Kier molecular flexibility index (Phi) is 8.65. The van der Waals surface area contributed by atoms with Crippen LogP contribution in [0.1, 0.15) is 25.8 Å². The number of anilines is 1. The summed E-state index contributed by atoms with van der Waals surface area (Å²) >= 11 is 5.94. The van der Waals surface area contributed by atoms with Crippen molar-refractivity contribution in [1.82, 2.24) is 15.2 Å². The van der Waals surface area contributed by atoms with Gasteiger partial charge in [0.15, 0.2) is 0 Å². The Labute approximate surface area is 212 Å². The highest BCUT2D eigenvalue weighted by Crippen LogP contribution is 2.21. The smallest absolute Gasteiger partial charge is 0.412 e. The maximum absolute atomic E-state index is 13.6. The molecule has 1 aromatic heterocycles. The number of fused-ring (bicyclic) bond motifs is 1. The van der Waals surface area contributed by atoms with Crippen LogP contribution in [0.2, 0.25) is 5.02 Å². The summed E-state index contributed by atoms with van der Waals surface area (Å²) in [7, 11) is 1.49. The average Bonchev–Trinajstić information content (AvgIpc) is 2.81. The van der Waals surface area contributed by atoms with Gasteiger partial charge in [0.25, 0.3) is 0 Å². The summed E-state index contributed by atoms with van der Waals surface area (Å²) < 4.78 is 32.4. The van der Waals surface area contributed by atoms with Gasteiger partial charge in [0.05, 0.1) is 16.7 Å². The number of hydrogen-bond acceptors (Lipinski definition) is 5. The zero-order chi connectivity index (χ0) is 26.5. The van der Waals surface area contributed by atoms with Gasteiger partial charge >= 0.3 is 12.1 Å². The molecule has 2 aromatic carbocycles. The van der Waals surface area contributed by atoms with E-state index in [0.717, 1.165) is 0 Å². The largest absolute Gasteiger partial charge is 0.447 e.